The summed E-state index contributed by atoms with van der Waals surface area (Å²) in [5, 5.41) is 12.8. The van der Waals surface area contributed by atoms with Gasteiger partial charge in [0.25, 0.3) is 0 Å². The molecule has 2 heterocycles. The molecule has 168 valence electrons. The van der Waals surface area contributed by atoms with Crippen molar-refractivity contribution < 1.29 is 37.7 Å². The van der Waals surface area contributed by atoms with Crippen molar-refractivity contribution in [1.82, 2.24) is 14.9 Å². The zero-order chi connectivity index (χ0) is 22.5. The second-order valence-electron chi connectivity index (χ2n) is 6.89. The molecule has 0 radical (unpaired) electrons. The van der Waals surface area contributed by atoms with Crippen LogP contribution in [0.4, 0.5) is 14.6 Å². The largest absolute Gasteiger partial charge is 0.460 e. The lowest BCUT2D eigenvalue weighted by molar-refractivity contribution is -0.162. The van der Waals surface area contributed by atoms with Gasteiger partial charge in [-0.2, -0.15) is 13.8 Å². The van der Waals surface area contributed by atoms with Crippen molar-refractivity contribution in [3.63, 3.8) is 0 Å². The predicted octanol–water partition coefficient (Wildman–Crippen LogP) is -0.806. The number of carbonyl (C=O) groups excluding carboxylic acids is 2. The summed E-state index contributed by atoms with van der Waals surface area (Å²) in [4.78, 5) is 38.3. The van der Waals surface area contributed by atoms with E-state index in [4.69, 9.17) is 19.9 Å². The number of anilines is 1. The average Bonchev–Trinajstić information content (AvgIpc) is 2.88. The molecule has 1 aliphatic rings. The van der Waals surface area contributed by atoms with Crippen LogP contribution in [-0.2, 0) is 23.8 Å². The molecule has 30 heavy (non-hydrogen) atoms. The molecule has 1 fully saturated rings. The first-order valence-corrected chi connectivity index (χ1v) is 9.13. The molecular weight excluding hydrogens is 410 g/mol. The summed E-state index contributed by atoms with van der Waals surface area (Å²) in [6, 6.07) is 1.30. The van der Waals surface area contributed by atoms with Gasteiger partial charge in [-0.05, 0) is 6.07 Å². The summed E-state index contributed by atoms with van der Waals surface area (Å²) >= 11 is 0. The third-order valence-corrected chi connectivity index (χ3v) is 4.12. The molecule has 0 amide bonds. The van der Waals surface area contributed by atoms with Crippen LogP contribution in [0.2, 0.25) is 0 Å². The molecular formula is C17H24F2N4O7. The number of esters is 2. The molecule has 1 aromatic heterocycles. The number of ether oxygens (including phenoxy) is 3. The van der Waals surface area contributed by atoms with Crippen molar-refractivity contribution in [2.24, 2.45) is 0 Å². The van der Waals surface area contributed by atoms with E-state index in [1.807, 2.05) is 13.8 Å². The van der Waals surface area contributed by atoms with E-state index in [9.17, 15) is 28.3 Å². The van der Waals surface area contributed by atoms with Crippen LogP contribution in [0.25, 0.3) is 0 Å². The number of nitrogens with two attached hydrogens (primary N) is 1. The molecule has 1 saturated heterocycles. The maximum atomic E-state index is 14.4. The fraction of sp³-hybridized carbons (Fsp3) is 0.647. The van der Waals surface area contributed by atoms with Crippen molar-refractivity contribution in [1.29, 1.82) is 0 Å². The number of halogens is 2. The Labute approximate surface area is 170 Å². The summed E-state index contributed by atoms with van der Waals surface area (Å²) in [5.74, 6) is -5.68. The van der Waals surface area contributed by atoms with E-state index in [2.05, 4.69) is 10.3 Å². The molecule has 11 nitrogen and oxygen atoms in total. The Balaban J connectivity index is 1.86. The van der Waals surface area contributed by atoms with Gasteiger partial charge in [-0.25, -0.2) is 9.59 Å². The lowest BCUT2D eigenvalue weighted by Crippen LogP contribution is -2.42. The quantitative estimate of drug-likeness (QED) is 0.420. The average molecular weight is 434 g/mol. The minimum Gasteiger partial charge on any atom is -0.460 e. The monoisotopic (exact) mass is 434 g/mol. The fourth-order valence-electron chi connectivity index (χ4n) is 2.60. The first kappa shape index (κ1) is 23.6. The lowest BCUT2D eigenvalue weighted by Gasteiger charge is -2.20. The zero-order valence-corrected chi connectivity index (χ0v) is 16.4. The number of nitrogen functional groups attached to an aromatic ring is 1. The van der Waals surface area contributed by atoms with Crippen molar-refractivity contribution >= 4 is 17.8 Å². The van der Waals surface area contributed by atoms with Crippen molar-refractivity contribution in [3.8, 4) is 0 Å². The molecule has 0 aromatic carbocycles. The highest BCUT2D eigenvalue weighted by Crippen LogP contribution is 2.42. The minimum atomic E-state index is -3.87. The van der Waals surface area contributed by atoms with Crippen LogP contribution in [0.15, 0.2) is 17.1 Å². The number of nitrogens with one attached hydrogen (secondary N) is 1. The fourth-order valence-corrected chi connectivity index (χ4v) is 2.60. The van der Waals surface area contributed by atoms with Crippen LogP contribution in [0.1, 0.15) is 26.5 Å². The first-order chi connectivity index (χ1) is 14.0. The number of rotatable bonds is 9. The first-order valence-electron chi connectivity index (χ1n) is 9.13. The summed E-state index contributed by atoms with van der Waals surface area (Å²) in [7, 11) is 0. The Bertz CT molecular complexity index is 818. The van der Waals surface area contributed by atoms with Gasteiger partial charge in [-0.3, -0.25) is 9.36 Å². The van der Waals surface area contributed by atoms with Crippen molar-refractivity contribution in [3.05, 3.63) is 22.7 Å². The molecule has 0 bridgehead atoms. The lowest BCUT2D eigenvalue weighted by atomic mass is 10.1. The number of aliphatic hydroxyl groups is 1. The van der Waals surface area contributed by atoms with Gasteiger partial charge in [0.1, 0.15) is 18.5 Å². The van der Waals surface area contributed by atoms with Gasteiger partial charge in [0.2, 0.25) is 6.23 Å². The number of hydrogen-bond acceptors (Lipinski definition) is 10. The third kappa shape index (κ3) is 5.93. The van der Waals surface area contributed by atoms with Gasteiger partial charge in [-0.1, -0.05) is 13.8 Å². The van der Waals surface area contributed by atoms with Crippen LogP contribution >= 0.6 is 0 Å². The maximum Gasteiger partial charge on any atom is 0.351 e. The molecule has 2 rings (SSSR count). The number of alkyl halides is 2. The predicted molar refractivity (Wildman–Crippen MR) is 97.4 cm³/mol. The zero-order valence-electron chi connectivity index (χ0n) is 16.4. The van der Waals surface area contributed by atoms with E-state index >= 15 is 0 Å². The molecule has 0 unspecified atom stereocenters. The second-order valence-corrected chi connectivity index (χ2v) is 6.89. The van der Waals surface area contributed by atoms with Crippen LogP contribution in [0, 0.1) is 0 Å². The van der Waals surface area contributed by atoms with Gasteiger partial charge < -0.3 is 30.4 Å². The smallest absolute Gasteiger partial charge is 0.351 e. The molecule has 3 atom stereocenters. The Morgan fingerprint density at radius 2 is 2.10 bits per heavy atom. The van der Waals surface area contributed by atoms with Crippen LogP contribution in [0.3, 0.4) is 0 Å². The van der Waals surface area contributed by atoms with E-state index in [1.165, 1.54) is 0 Å². The normalized spacial score (nSPS) is 22.8. The molecule has 0 aliphatic carbocycles. The topological polar surface area (TPSA) is 155 Å². The van der Waals surface area contributed by atoms with Gasteiger partial charge in [0.15, 0.2) is 12.7 Å². The van der Waals surface area contributed by atoms with Crippen LogP contribution in [-0.4, -0.2) is 70.5 Å². The number of aliphatic hydroxyl groups excluding tert-OH is 1. The minimum absolute atomic E-state index is 0.0359. The van der Waals surface area contributed by atoms with E-state index in [0.717, 1.165) is 12.3 Å². The summed E-state index contributed by atoms with van der Waals surface area (Å²) in [5.41, 5.74) is 4.23. The molecule has 0 spiro atoms. The molecule has 4 N–H and O–H groups in total. The number of hydrogen-bond donors (Lipinski definition) is 3. The van der Waals surface area contributed by atoms with Gasteiger partial charge in [-0.15, -0.1) is 0 Å². The SMILES string of the molecule is CC(C)NCCC(=O)OCC(=O)OC[C@H]1O[C@@H](n2ccc(N)nc2=O)C(F)(F)[C@@H]1O. The highest BCUT2D eigenvalue weighted by molar-refractivity contribution is 5.76. The van der Waals surface area contributed by atoms with Gasteiger partial charge in [0, 0.05) is 18.8 Å². The number of carbonyl (C=O) groups is 2. The summed E-state index contributed by atoms with van der Waals surface area (Å²) in [6.45, 7) is 2.70. The Morgan fingerprint density at radius 3 is 2.73 bits per heavy atom. The molecule has 0 saturated carbocycles. The number of nitrogens with zero attached hydrogens (tertiary/aromatic N) is 2. The molecule has 1 aromatic rings. The van der Waals surface area contributed by atoms with Gasteiger partial charge >= 0.3 is 23.6 Å². The third-order valence-electron chi connectivity index (χ3n) is 4.12. The second kappa shape index (κ2) is 9.91. The standard InChI is InChI=1S/C17H24F2N4O7/c1-9(2)21-5-3-12(24)29-8-13(25)28-7-10-14(26)17(18,19)15(30-10)23-6-4-11(20)22-16(23)27/h4,6,9-10,14-15,21,26H,3,5,7-8H2,1-2H3,(H2,20,22,27)/t10-,14-,15-/m1/s1. The van der Waals surface area contributed by atoms with Crippen molar-refractivity contribution in [2.45, 2.75) is 50.7 Å². The van der Waals surface area contributed by atoms with E-state index < -0.39 is 55.2 Å². The van der Waals surface area contributed by atoms with Crippen LogP contribution < -0.4 is 16.7 Å². The van der Waals surface area contributed by atoms with E-state index in [1.54, 1.807) is 0 Å². The Kier molecular flexibility index (Phi) is 7.81. The van der Waals surface area contributed by atoms with Crippen LogP contribution in [0.5, 0.6) is 0 Å². The molecule has 1 aliphatic heterocycles. The van der Waals surface area contributed by atoms with Gasteiger partial charge in [0.05, 0.1) is 6.42 Å². The highest BCUT2D eigenvalue weighted by atomic mass is 19.3. The van der Waals surface area contributed by atoms with E-state index in [-0.39, 0.29) is 18.3 Å². The van der Waals surface area contributed by atoms with Crippen molar-refractivity contribution in [2.75, 3.05) is 25.5 Å². The maximum absolute atomic E-state index is 14.4. The van der Waals surface area contributed by atoms with E-state index in [0.29, 0.717) is 11.1 Å². The Hall–Kier alpha value is -2.64. The summed E-state index contributed by atoms with van der Waals surface area (Å²) in [6.07, 6.45) is -5.15. The Morgan fingerprint density at radius 1 is 1.40 bits per heavy atom. The molecule has 13 heteroatoms. The highest BCUT2D eigenvalue weighted by Gasteiger charge is 2.60. The summed E-state index contributed by atoms with van der Waals surface area (Å²) < 4.78 is 43.7. The number of aromatic nitrogens is 2.